The number of benzene rings is 2. The van der Waals surface area contributed by atoms with E-state index >= 15 is 0 Å². The first-order chi connectivity index (χ1) is 10.1. The summed E-state index contributed by atoms with van der Waals surface area (Å²) >= 11 is 0. The molecule has 0 heterocycles. The molecule has 0 aliphatic carbocycles. The summed E-state index contributed by atoms with van der Waals surface area (Å²) in [5.41, 5.74) is 2.57. The van der Waals surface area contributed by atoms with Crippen molar-refractivity contribution in [2.24, 2.45) is 11.8 Å². The molecule has 21 heavy (non-hydrogen) atoms. The molecule has 0 fully saturated rings. The van der Waals surface area contributed by atoms with Gasteiger partial charge >= 0.3 is 0 Å². The molecule has 0 N–H and O–H groups in total. The van der Waals surface area contributed by atoms with Crippen molar-refractivity contribution in [3.63, 3.8) is 0 Å². The van der Waals surface area contributed by atoms with Crippen LogP contribution in [0.25, 0.3) is 0 Å². The molecule has 2 rings (SSSR count). The molecule has 0 aliphatic rings. The lowest BCUT2D eigenvalue weighted by Crippen LogP contribution is -2.00. The van der Waals surface area contributed by atoms with Gasteiger partial charge in [-0.2, -0.15) is 0 Å². The standard InChI is InChI=1S/C20H26O/c1-15(2)13-17-9-5-7-11-19(17)21-20-12-8-6-10-18(20)14-16(3)4/h5-12,15-16H,13-14H2,1-4H3. The molecule has 0 spiro atoms. The average Bonchev–Trinajstić information content (AvgIpc) is 2.42. The van der Waals surface area contributed by atoms with Gasteiger partial charge in [0.25, 0.3) is 0 Å². The second-order valence-electron chi connectivity index (χ2n) is 6.51. The summed E-state index contributed by atoms with van der Waals surface area (Å²) < 4.78 is 6.24. The molecule has 1 nitrogen and oxygen atoms in total. The molecule has 2 aromatic rings. The Bertz CT molecular complexity index is 518. The Labute approximate surface area is 129 Å². The van der Waals surface area contributed by atoms with Crippen molar-refractivity contribution in [1.82, 2.24) is 0 Å². The Morgan fingerprint density at radius 2 is 1.05 bits per heavy atom. The van der Waals surface area contributed by atoms with Crippen molar-refractivity contribution in [2.45, 2.75) is 40.5 Å². The van der Waals surface area contributed by atoms with Crippen LogP contribution in [0.4, 0.5) is 0 Å². The van der Waals surface area contributed by atoms with Gasteiger partial charge in [-0.3, -0.25) is 0 Å². The molecule has 0 bridgehead atoms. The first-order valence-corrected chi connectivity index (χ1v) is 7.90. The number of ether oxygens (including phenoxy) is 1. The van der Waals surface area contributed by atoms with Crippen LogP contribution in [0.1, 0.15) is 38.8 Å². The molecule has 0 saturated heterocycles. The molecule has 1 heteroatoms. The monoisotopic (exact) mass is 282 g/mol. The van der Waals surface area contributed by atoms with Crippen molar-refractivity contribution >= 4 is 0 Å². The van der Waals surface area contributed by atoms with Gasteiger partial charge in [-0.1, -0.05) is 64.1 Å². The van der Waals surface area contributed by atoms with Crippen LogP contribution in [0.3, 0.4) is 0 Å². The second-order valence-corrected chi connectivity index (χ2v) is 6.51. The van der Waals surface area contributed by atoms with Gasteiger partial charge in [0, 0.05) is 0 Å². The highest BCUT2D eigenvalue weighted by Gasteiger charge is 2.10. The summed E-state index contributed by atoms with van der Waals surface area (Å²) in [6.45, 7) is 8.96. The van der Waals surface area contributed by atoms with Gasteiger partial charge < -0.3 is 4.74 Å². The third kappa shape index (κ3) is 4.63. The van der Waals surface area contributed by atoms with Crippen molar-refractivity contribution in [3.05, 3.63) is 59.7 Å². The Kier molecular flexibility index (Phi) is 5.44. The van der Waals surface area contributed by atoms with Gasteiger partial charge in [0.05, 0.1) is 0 Å². The molecule has 0 radical (unpaired) electrons. The topological polar surface area (TPSA) is 9.23 Å². The highest BCUT2D eigenvalue weighted by atomic mass is 16.5. The van der Waals surface area contributed by atoms with E-state index in [9.17, 15) is 0 Å². The zero-order chi connectivity index (χ0) is 15.2. The molecule has 0 amide bonds. The van der Waals surface area contributed by atoms with E-state index in [1.807, 2.05) is 12.1 Å². The van der Waals surface area contributed by atoms with Crippen LogP contribution in [-0.2, 0) is 12.8 Å². The minimum atomic E-state index is 0.626. The van der Waals surface area contributed by atoms with Crippen LogP contribution in [0, 0.1) is 11.8 Å². The Balaban J connectivity index is 2.26. The molecule has 2 aromatic carbocycles. The van der Waals surface area contributed by atoms with E-state index in [4.69, 9.17) is 4.74 Å². The SMILES string of the molecule is CC(C)Cc1ccccc1Oc1ccccc1CC(C)C. The first kappa shape index (κ1) is 15.6. The van der Waals surface area contributed by atoms with Gasteiger partial charge in [0.1, 0.15) is 11.5 Å². The molecule has 0 unspecified atom stereocenters. The molecule has 0 aliphatic heterocycles. The number of hydrogen-bond acceptors (Lipinski definition) is 1. The zero-order valence-corrected chi connectivity index (χ0v) is 13.6. The van der Waals surface area contributed by atoms with Crippen LogP contribution >= 0.6 is 0 Å². The minimum Gasteiger partial charge on any atom is -0.457 e. The fraction of sp³-hybridized carbons (Fsp3) is 0.400. The fourth-order valence-electron chi connectivity index (χ4n) is 2.54. The molecule has 0 saturated carbocycles. The van der Waals surface area contributed by atoms with Crippen LogP contribution in [0.5, 0.6) is 11.5 Å². The molecule has 112 valence electrons. The van der Waals surface area contributed by atoms with Crippen LogP contribution in [0.2, 0.25) is 0 Å². The zero-order valence-electron chi connectivity index (χ0n) is 13.6. The summed E-state index contributed by atoms with van der Waals surface area (Å²) in [5.74, 6) is 3.23. The Morgan fingerprint density at radius 1 is 0.667 bits per heavy atom. The average molecular weight is 282 g/mol. The Hall–Kier alpha value is -1.76. The second kappa shape index (κ2) is 7.31. The minimum absolute atomic E-state index is 0.626. The van der Waals surface area contributed by atoms with Crippen molar-refractivity contribution < 1.29 is 4.74 Å². The summed E-state index contributed by atoms with van der Waals surface area (Å²) in [6.07, 6.45) is 2.09. The van der Waals surface area contributed by atoms with E-state index in [2.05, 4.69) is 64.1 Å². The lowest BCUT2D eigenvalue weighted by molar-refractivity contribution is 0.460. The fourth-order valence-corrected chi connectivity index (χ4v) is 2.54. The van der Waals surface area contributed by atoms with Gasteiger partial charge in [-0.05, 0) is 47.9 Å². The smallest absolute Gasteiger partial charge is 0.130 e. The van der Waals surface area contributed by atoms with Crippen molar-refractivity contribution in [2.75, 3.05) is 0 Å². The summed E-state index contributed by atoms with van der Waals surface area (Å²) in [6, 6.07) is 16.7. The number of para-hydroxylation sites is 2. The normalized spacial score (nSPS) is 11.1. The highest BCUT2D eigenvalue weighted by Crippen LogP contribution is 2.30. The number of hydrogen-bond donors (Lipinski definition) is 0. The predicted molar refractivity (Wildman–Crippen MR) is 90.0 cm³/mol. The van der Waals surface area contributed by atoms with Gasteiger partial charge in [0.2, 0.25) is 0 Å². The predicted octanol–water partition coefficient (Wildman–Crippen LogP) is 5.88. The van der Waals surface area contributed by atoms with E-state index in [0.717, 1.165) is 24.3 Å². The van der Waals surface area contributed by atoms with Crippen molar-refractivity contribution in [1.29, 1.82) is 0 Å². The first-order valence-electron chi connectivity index (χ1n) is 7.90. The van der Waals surface area contributed by atoms with Crippen LogP contribution in [0.15, 0.2) is 48.5 Å². The lowest BCUT2D eigenvalue weighted by atomic mass is 10.0. The maximum Gasteiger partial charge on any atom is 0.130 e. The number of rotatable bonds is 6. The largest absolute Gasteiger partial charge is 0.457 e. The molecular weight excluding hydrogens is 256 g/mol. The Morgan fingerprint density at radius 3 is 1.43 bits per heavy atom. The summed E-state index contributed by atoms with van der Waals surface area (Å²) in [4.78, 5) is 0. The van der Waals surface area contributed by atoms with Gasteiger partial charge in [-0.25, -0.2) is 0 Å². The van der Waals surface area contributed by atoms with Gasteiger partial charge in [0.15, 0.2) is 0 Å². The van der Waals surface area contributed by atoms with E-state index < -0.39 is 0 Å². The van der Waals surface area contributed by atoms with E-state index in [1.165, 1.54) is 11.1 Å². The maximum atomic E-state index is 6.24. The van der Waals surface area contributed by atoms with E-state index in [0.29, 0.717) is 11.8 Å². The molecule has 0 atom stereocenters. The third-order valence-corrected chi connectivity index (χ3v) is 3.42. The van der Waals surface area contributed by atoms with E-state index in [1.54, 1.807) is 0 Å². The lowest BCUT2D eigenvalue weighted by Gasteiger charge is -2.16. The molecule has 0 aromatic heterocycles. The van der Waals surface area contributed by atoms with Crippen LogP contribution in [-0.4, -0.2) is 0 Å². The van der Waals surface area contributed by atoms with Crippen LogP contribution < -0.4 is 4.74 Å². The molecular formula is C20H26O. The quantitative estimate of drug-likeness (QED) is 0.643. The summed E-state index contributed by atoms with van der Waals surface area (Å²) in [5, 5.41) is 0. The summed E-state index contributed by atoms with van der Waals surface area (Å²) in [7, 11) is 0. The van der Waals surface area contributed by atoms with E-state index in [-0.39, 0.29) is 0 Å². The van der Waals surface area contributed by atoms with Gasteiger partial charge in [-0.15, -0.1) is 0 Å². The highest BCUT2D eigenvalue weighted by molar-refractivity contribution is 5.41. The maximum absolute atomic E-state index is 6.24. The third-order valence-electron chi connectivity index (χ3n) is 3.42. The van der Waals surface area contributed by atoms with Crippen molar-refractivity contribution in [3.8, 4) is 11.5 Å².